The van der Waals surface area contributed by atoms with Crippen LogP contribution in [0.5, 0.6) is 5.75 Å². The van der Waals surface area contributed by atoms with Crippen LogP contribution in [0.3, 0.4) is 0 Å². The van der Waals surface area contributed by atoms with Crippen LogP contribution in [0.15, 0.2) is 42.5 Å². The molecular formula is C20H18ClN3O6S. The second kappa shape index (κ2) is 9.71. The van der Waals surface area contributed by atoms with Crippen molar-refractivity contribution in [1.82, 2.24) is 5.32 Å². The van der Waals surface area contributed by atoms with Crippen molar-refractivity contribution in [3.8, 4) is 5.75 Å². The summed E-state index contributed by atoms with van der Waals surface area (Å²) in [4.78, 5) is 47.3. The number of nitrogens with one attached hydrogen (secondary N) is 2. The van der Waals surface area contributed by atoms with Gasteiger partial charge < -0.3 is 15.2 Å². The van der Waals surface area contributed by atoms with E-state index in [4.69, 9.17) is 16.3 Å². The standard InChI is InChI=1S/C20H18ClN3O6S/c1-24(20(28)29)15-9-12(21)4-7-14(15)22-17(25)10-30-13-5-2-11(3-6-13)8-16-18(26)23-19(27)31-16/h2-7,9,16H,8,10H2,1H3,(H,22,25)(H,28,29)(H,23,26,27). The molecule has 1 atom stereocenters. The summed E-state index contributed by atoms with van der Waals surface area (Å²) in [6, 6.07) is 11.3. The van der Waals surface area contributed by atoms with Crippen molar-refractivity contribution < 1.29 is 29.0 Å². The van der Waals surface area contributed by atoms with Gasteiger partial charge in [-0.05, 0) is 42.3 Å². The first kappa shape index (κ1) is 22.4. The van der Waals surface area contributed by atoms with Crippen molar-refractivity contribution in [2.45, 2.75) is 11.7 Å². The molecule has 0 radical (unpaired) electrons. The van der Waals surface area contributed by atoms with E-state index in [1.807, 2.05) is 0 Å². The maximum absolute atomic E-state index is 12.3. The van der Waals surface area contributed by atoms with Crippen molar-refractivity contribution in [2.75, 3.05) is 23.9 Å². The molecule has 0 aromatic heterocycles. The molecule has 0 bridgehead atoms. The Morgan fingerprint density at radius 1 is 1.23 bits per heavy atom. The molecule has 0 saturated carbocycles. The smallest absolute Gasteiger partial charge is 0.411 e. The molecule has 3 rings (SSSR count). The number of carbonyl (C=O) groups excluding carboxylic acids is 3. The number of benzene rings is 2. The van der Waals surface area contributed by atoms with Gasteiger partial charge in [-0.2, -0.15) is 0 Å². The highest BCUT2D eigenvalue weighted by Gasteiger charge is 2.31. The first-order chi connectivity index (χ1) is 14.7. The van der Waals surface area contributed by atoms with Crippen LogP contribution in [-0.2, 0) is 16.0 Å². The van der Waals surface area contributed by atoms with Gasteiger partial charge in [-0.1, -0.05) is 35.5 Å². The lowest BCUT2D eigenvalue weighted by molar-refractivity contribution is -0.119. The molecule has 11 heteroatoms. The lowest BCUT2D eigenvalue weighted by atomic mass is 10.1. The Morgan fingerprint density at radius 2 is 1.94 bits per heavy atom. The zero-order valence-corrected chi connectivity index (χ0v) is 17.8. The lowest BCUT2D eigenvalue weighted by Crippen LogP contribution is -2.27. The van der Waals surface area contributed by atoms with Gasteiger partial charge in [-0.25, -0.2) is 4.79 Å². The fraction of sp³-hybridized carbons (Fsp3) is 0.200. The summed E-state index contributed by atoms with van der Waals surface area (Å²) in [7, 11) is 1.34. The number of halogens is 1. The number of amides is 4. The zero-order chi connectivity index (χ0) is 22.5. The summed E-state index contributed by atoms with van der Waals surface area (Å²) in [5.74, 6) is -0.344. The Balaban J connectivity index is 1.56. The molecule has 9 nitrogen and oxygen atoms in total. The van der Waals surface area contributed by atoms with Crippen LogP contribution in [0.25, 0.3) is 0 Å². The van der Waals surface area contributed by atoms with E-state index in [0.29, 0.717) is 17.2 Å². The largest absolute Gasteiger partial charge is 0.484 e. The quantitative estimate of drug-likeness (QED) is 0.574. The Morgan fingerprint density at radius 3 is 2.55 bits per heavy atom. The highest BCUT2D eigenvalue weighted by Crippen LogP contribution is 2.29. The second-order valence-corrected chi connectivity index (χ2v) is 8.18. The fourth-order valence-corrected chi connectivity index (χ4v) is 3.82. The average Bonchev–Trinajstić information content (AvgIpc) is 3.04. The van der Waals surface area contributed by atoms with Crippen molar-refractivity contribution in [3.05, 3.63) is 53.1 Å². The van der Waals surface area contributed by atoms with Crippen LogP contribution in [0, 0.1) is 0 Å². The maximum Gasteiger partial charge on any atom is 0.411 e. The van der Waals surface area contributed by atoms with Crippen LogP contribution in [0.2, 0.25) is 5.02 Å². The summed E-state index contributed by atoms with van der Waals surface area (Å²) < 4.78 is 5.47. The minimum Gasteiger partial charge on any atom is -0.484 e. The normalized spacial score (nSPS) is 15.4. The molecule has 0 spiro atoms. The van der Waals surface area contributed by atoms with Gasteiger partial charge in [-0.15, -0.1) is 0 Å². The molecule has 1 aliphatic heterocycles. The predicted molar refractivity (Wildman–Crippen MR) is 117 cm³/mol. The minimum absolute atomic E-state index is 0.227. The number of ether oxygens (including phenoxy) is 1. The maximum atomic E-state index is 12.3. The molecule has 1 fully saturated rings. The number of carbonyl (C=O) groups is 4. The molecule has 2 aromatic carbocycles. The summed E-state index contributed by atoms with van der Waals surface area (Å²) >= 11 is 6.89. The van der Waals surface area contributed by atoms with Crippen LogP contribution in [0.4, 0.5) is 21.0 Å². The topological polar surface area (TPSA) is 125 Å². The minimum atomic E-state index is -1.20. The first-order valence-electron chi connectivity index (χ1n) is 9.02. The summed E-state index contributed by atoms with van der Waals surface area (Å²) in [5.41, 5.74) is 1.35. The van der Waals surface area contributed by atoms with E-state index in [2.05, 4.69) is 10.6 Å². The van der Waals surface area contributed by atoms with Gasteiger partial charge in [0.25, 0.3) is 11.1 Å². The fourth-order valence-electron chi connectivity index (χ4n) is 2.79. The third kappa shape index (κ3) is 5.89. The molecular weight excluding hydrogens is 446 g/mol. The number of imide groups is 1. The summed E-state index contributed by atoms with van der Waals surface area (Å²) in [5, 5.41) is 13.6. The second-order valence-electron chi connectivity index (χ2n) is 6.57. The third-order valence-corrected chi connectivity index (χ3v) is 5.58. The average molecular weight is 464 g/mol. The molecule has 1 heterocycles. The van der Waals surface area contributed by atoms with Crippen LogP contribution in [-0.4, -0.2) is 47.2 Å². The van der Waals surface area contributed by atoms with E-state index in [-0.39, 0.29) is 29.1 Å². The van der Waals surface area contributed by atoms with E-state index in [1.165, 1.54) is 25.2 Å². The van der Waals surface area contributed by atoms with Crippen molar-refractivity contribution in [3.63, 3.8) is 0 Å². The van der Waals surface area contributed by atoms with Crippen LogP contribution >= 0.6 is 23.4 Å². The van der Waals surface area contributed by atoms with Gasteiger partial charge in [0.05, 0.1) is 16.6 Å². The Hall–Kier alpha value is -3.24. The molecule has 3 N–H and O–H groups in total. The number of hydrogen-bond donors (Lipinski definition) is 3. The SMILES string of the molecule is CN(C(=O)O)c1cc(Cl)ccc1NC(=O)COc1ccc(CC2SC(=O)NC2=O)cc1. The molecule has 1 unspecified atom stereocenters. The van der Waals surface area contributed by atoms with Gasteiger partial charge in [0.2, 0.25) is 5.91 Å². The summed E-state index contributed by atoms with van der Waals surface area (Å²) in [6.45, 7) is -0.298. The van der Waals surface area contributed by atoms with Gasteiger partial charge in [0.15, 0.2) is 6.61 Å². The van der Waals surface area contributed by atoms with Crippen molar-refractivity contribution >= 4 is 57.9 Å². The Bertz CT molecular complexity index is 1030. The van der Waals surface area contributed by atoms with E-state index in [0.717, 1.165) is 22.2 Å². The Kier molecular flexibility index (Phi) is 7.03. The van der Waals surface area contributed by atoms with E-state index in [9.17, 15) is 24.3 Å². The van der Waals surface area contributed by atoms with Gasteiger partial charge in [-0.3, -0.25) is 24.6 Å². The van der Waals surface area contributed by atoms with Gasteiger partial charge in [0.1, 0.15) is 5.75 Å². The third-order valence-electron chi connectivity index (χ3n) is 4.36. The van der Waals surface area contributed by atoms with Crippen LogP contribution < -0.4 is 20.3 Å². The number of thioether (sulfide) groups is 1. The molecule has 162 valence electrons. The van der Waals surface area contributed by atoms with E-state index in [1.54, 1.807) is 24.3 Å². The zero-order valence-electron chi connectivity index (χ0n) is 16.3. The van der Waals surface area contributed by atoms with Crippen LogP contribution in [0.1, 0.15) is 5.56 Å². The van der Waals surface area contributed by atoms with Crippen molar-refractivity contribution in [1.29, 1.82) is 0 Å². The van der Waals surface area contributed by atoms with Gasteiger partial charge >= 0.3 is 6.09 Å². The monoisotopic (exact) mass is 463 g/mol. The molecule has 1 aliphatic rings. The summed E-state index contributed by atoms with van der Waals surface area (Å²) in [6.07, 6.45) is -0.800. The molecule has 1 saturated heterocycles. The van der Waals surface area contributed by atoms with Gasteiger partial charge in [0, 0.05) is 12.1 Å². The molecule has 2 aromatic rings. The van der Waals surface area contributed by atoms with E-state index < -0.39 is 17.3 Å². The number of carboxylic acid groups (broad SMARTS) is 1. The molecule has 4 amide bonds. The highest BCUT2D eigenvalue weighted by molar-refractivity contribution is 8.15. The molecule has 0 aliphatic carbocycles. The predicted octanol–water partition coefficient (Wildman–Crippen LogP) is 3.37. The number of rotatable bonds is 7. The molecule has 31 heavy (non-hydrogen) atoms. The first-order valence-corrected chi connectivity index (χ1v) is 10.3. The van der Waals surface area contributed by atoms with E-state index >= 15 is 0 Å². The lowest BCUT2D eigenvalue weighted by Gasteiger charge is -2.18. The Labute approximate surface area is 186 Å². The van der Waals surface area contributed by atoms with Crippen molar-refractivity contribution in [2.24, 2.45) is 0 Å². The highest BCUT2D eigenvalue weighted by atomic mass is 35.5. The number of hydrogen-bond acceptors (Lipinski definition) is 6. The number of nitrogens with zero attached hydrogens (tertiary/aromatic N) is 1. The number of anilines is 2.